The van der Waals surface area contributed by atoms with Crippen molar-refractivity contribution in [2.24, 2.45) is 5.92 Å². The Labute approximate surface area is 83.9 Å². The van der Waals surface area contributed by atoms with E-state index in [1.165, 1.54) is 44.9 Å². The lowest BCUT2D eigenvalue weighted by Gasteiger charge is -2.14. The zero-order valence-corrected chi connectivity index (χ0v) is 9.64. The lowest BCUT2D eigenvalue weighted by atomic mass is 9.97. The average molecular weight is 186 g/mol. The molecule has 0 radical (unpaired) electrons. The predicted octanol–water partition coefficient (Wildman–Crippen LogP) is 4.02. The van der Waals surface area contributed by atoms with Gasteiger partial charge in [0.05, 0.1) is 0 Å². The van der Waals surface area contributed by atoms with Crippen molar-refractivity contribution in [3.05, 3.63) is 0 Å². The molecule has 0 aromatic heterocycles. The Morgan fingerprint density at radius 3 is 2.23 bits per heavy atom. The molecule has 0 unspecified atom stereocenters. The predicted molar refractivity (Wildman–Crippen MR) is 59.0 cm³/mol. The van der Waals surface area contributed by atoms with Gasteiger partial charge in [-0.05, 0) is 18.8 Å². The summed E-state index contributed by atoms with van der Waals surface area (Å²) < 4.78 is 5.21. The molecule has 1 nitrogen and oxygen atoms in total. The zero-order valence-electron chi connectivity index (χ0n) is 9.64. The van der Waals surface area contributed by atoms with Gasteiger partial charge >= 0.3 is 0 Å². The largest absolute Gasteiger partial charge is 0.384 e. The second-order valence-corrected chi connectivity index (χ2v) is 3.96. The minimum atomic E-state index is 0.812. The van der Waals surface area contributed by atoms with Crippen molar-refractivity contribution < 1.29 is 4.74 Å². The molecule has 13 heavy (non-hydrogen) atoms. The Morgan fingerprint density at radius 1 is 0.923 bits per heavy atom. The fourth-order valence-corrected chi connectivity index (χ4v) is 1.81. The topological polar surface area (TPSA) is 9.23 Å². The van der Waals surface area contributed by atoms with Crippen LogP contribution in [0.15, 0.2) is 0 Å². The summed E-state index contributed by atoms with van der Waals surface area (Å²) in [7, 11) is 1.81. The lowest BCUT2D eigenvalue weighted by molar-refractivity contribution is 0.141. The molecule has 0 saturated carbocycles. The van der Waals surface area contributed by atoms with Crippen molar-refractivity contribution in [3.63, 3.8) is 0 Å². The van der Waals surface area contributed by atoms with Gasteiger partial charge in [-0.15, -0.1) is 0 Å². The van der Waals surface area contributed by atoms with E-state index in [0.717, 1.165) is 12.5 Å². The molecular formula is C12H26O. The SMILES string of the molecule is CCCCCC[C@H](CCC)COC. The van der Waals surface area contributed by atoms with E-state index in [4.69, 9.17) is 4.74 Å². The molecule has 0 spiro atoms. The minimum Gasteiger partial charge on any atom is -0.384 e. The first-order chi connectivity index (χ1) is 6.35. The summed E-state index contributed by atoms with van der Waals surface area (Å²) in [5, 5.41) is 0. The van der Waals surface area contributed by atoms with Crippen LogP contribution in [0.4, 0.5) is 0 Å². The molecule has 0 N–H and O–H groups in total. The van der Waals surface area contributed by atoms with Crippen LogP contribution in [0.1, 0.15) is 58.8 Å². The van der Waals surface area contributed by atoms with E-state index in [9.17, 15) is 0 Å². The van der Waals surface area contributed by atoms with Crippen LogP contribution in [-0.4, -0.2) is 13.7 Å². The lowest BCUT2D eigenvalue weighted by Crippen LogP contribution is -2.07. The van der Waals surface area contributed by atoms with Gasteiger partial charge in [-0.25, -0.2) is 0 Å². The quantitative estimate of drug-likeness (QED) is 0.494. The van der Waals surface area contributed by atoms with Crippen molar-refractivity contribution in [1.82, 2.24) is 0 Å². The van der Waals surface area contributed by atoms with Gasteiger partial charge in [-0.1, -0.05) is 46.0 Å². The summed E-state index contributed by atoms with van der Waals surface area (Å²) in [6.45, 7) is 5.48. The summed E-state index contributed by atoms with van der Waals surface area (Å²) >= 11 is 0. The average Bonchev–Trinajstić information content (AvgIpc) is 2.13. The maximum atomic E-state index is 5.21. The number of hydrogen-bond donors (Lipinski definition) is 0. The summed E-state index contributed by atoms with van der Waals surface area (Å²) in [5.41, 5.74) is 0. The van der Waals surface area contributed by atoms with Gasteiger partial charge in [0.15, 0.2) is 0 Å². The summed E-state index contributed by atoms with van der Waals surface area (Å²) in [6.07, 6.45) is 9.51. The van der Waals surface area contributed by atoms with E-state index in [2.05, 4.69) is 13.8 Å². The van der Waals surface area contributed by atoms with Gasteiger partial charge in [-0.2, -0.15) is 0 Å². The first-order valence-corrected chi connectivity index (χ1v) is 5.84. The van der Waals surface area contributed by atoms with Crippen LogP contribution in [-0.2, 0) is 4.74 Å². The van der Waals surface area contributed by atoms with Gasteiger partial charge < -0.3 is 4.74 Å². The molecular weight excluding hydrogens is 160 g/mol. The van der Waals surface area contributed by atoms with Gasteiger partial charge in [0.2, 0.25) is 0 Å². The van der Waals surface area contributed by atoms with Crippen LogP contribution in [0.2, 0.25) is 0 Å². The highest BCUT2D eigenvalue weighted by Gasteiger charge is 2.06. The minimum absolute atomic E-state index is 0.812. The molecule has 0 rings (SSSR count). The highest BCUT2D eigenvalue weighted by molar-refractivity contribution is 4.57. The van der Waals surface area contributed by atoms with Gasteiger partial charge in [0, 0.05) is 13.7 Å². The second kappa shape index (κ2) is 10.0. The van der Waals surface area contributed by atoms with Crippen LogP contribution in [0, 0.1) is 5.92 Å². The summed E-state index contributed by atoms with van der Waals surface area (Å²) in [4.78, 5) is 0. The van der Waals surface area contributed by atoms with Gasteiger partial charge in [0.25, 0.3) is 0 Å². The van der Waals surface area contributed by atoms with E-state index < -0.39 is 0 Å². The van der Waals surface area contributed by atoms with Crippen LogP contribution >= 0.6 is 0 Å². The van der Waals surface area contributed by atoms with E-state index in [-0.39, 0.29) is 0 Å². The Hall–Kier alpha value is -0.0400. The third-order valence-corrected chi connectivity index (χ3v) is 2.57. The van der Waals surface area contributed by atoms with Gasteiger partial charge in [0.1, 0.15) is 0 Å². The fourth-order valence-electron chi connectivity index (χ4n) is 1.81. The fraction of sp³-hybridized carbons (Fsp3) is 1.00. The highest BCUT2D eigenvalue weighted by atomic mass is 16.5. The standard InChI is InChI=1S/C12H26O/c1-4-6-7-8-10-12(9-5-2)11-13-3/h12H,4-11H2,1-3H3/t12-/m0/s1. The molecule has 0 aliphatic carbocycles. The Bertz CT molecular complexity index is 85.1. The Morgan fingerprint density at radius 2 is 1.69 bits per heavy atom. The maximum absolute atomic E-state index is 5.21. The maximum Gasteiger partial charge on any atom is 0.0490 e. The van der Waals surface area contributed by atoms with Crippen molar-refractivity contribution >= 4 is 0 Å². The summed E-state index contributed by atoms with van der Waals surface area (Å²) in [5.74, 6) is 0.812. The van der Waals surface area contributed by atoms with Crippen molar-refractivity contribution in [1.29, 1.82) is 0 Å². The van der Waals surface area contributed by atoms with E-state index >= 15 is 0 Å². The van der Waals surface area contributed by atoms with Crippen LogP contribution in [0.3, 0.4) is 0 Å². The van der Waals surface area contributed by atoms with Crippen molar-refractivity contribution in [3.8, 4) is 0 Å². The van der Waals surface area contributed by atoms with E-state index in [0.29, 0.717) is 0 Å². The van der Waals surface area contributed by atoms with Gasteiger partial charge in [-0.3, -0.25) is 0 Å². The smallest absolute Gasteiger partial charge is 0.0490 e. The Balaban J connectivity index is 3.33. The van der Waals surface area contributed by atoms with Crippen LogP contribution in [0.5, 0.6) is 0 Å². The third kappa shape index (κ3) is 8.29. The van der Waals surface area contributed by atoms with Crippen LogP contribution in [0.25, 0.3) is 0 Å². The molecule has 80 valence electrons. The van der Waals surface area contributed by atoms with Crippen molar-refractivity contribution in [2.75, 3.05) is 13.7 Å². The molecule has 0 bridgehead atoms. The molecule has 0 amide bonds. The zero-order chi connectivity index (χ0) is 9.94. The Kier molecular flexibility index (Phi) is 10.0. The van der Waals surface area contributed by atoms with Crippen molar-refractivity contribution in [2.45, 2.75) is 58.8 Å². The highest BCUT2D eigenvalue weighted by Crippen LogP contribution is 2.16. The number of rotatable bonds is 9. The van der Waals surface area contributed by atoms with Crippen LogP contribution < -0.4 is 0 Å². The second-order valence-electron chi connectivity index (χ2n) is 3.96. The number of methoxy groups -OCH3 is 1. The first-order valence-electron chi connectivity index (χ1n) is 5.84. The van der Waals surface area contributed by atoms with E-state index in [1.54, 1.807) is 0 Å². The third-order valence-electron chi connectivity index (χ3n) is 2.57. The number of hydrogen-bond acceptors (Lipinski definition) is 1. The number of unbranched alkanes of at least 4 members (excludes halogenated alkanes) is 3. The molecule has 1 atom stereocenters. The molecule has 1 heteroatoms. The molecule has 0 fully saturated rings. The monoisotopic (exact) mass is 186 g/mol. The molecule has 0 aromatic rings. The molecule has 0 aromatic carbocycles. The normalized spacial score (nSPS) is 13.2. The van der Waals surface area contributed by atoms with E-state index in [1.807, 2.05) is 7.11 Å². The molecule has 0 aliphatic heterocycles. The number of ether oxygens (including phenoxy) is 1. The molecule has 0 aliphatic rings. The molecule has 0 heterocycles. The molecule has 0 saturated heterocycles. The summed E-state index contributed by atoms with van der Waals surface area (Å²) in [6, 6.07) is 0. The first kappa shape index (κ1) is 13.0.